The van der Waals surface area contributed by atoms with Gasteiger partial charge in [-0.25, -0.2) is 9.67 Å². The number of aryl methyl sites for hydroxylation is 2. The lowest BCUT2D eigenvalue weighted by Crippen LogP contribution is -2.47. The highest BCUT2D eigenvalue weighted by molar-refractivity contribution is 14.0. The van der Waals surface area contributed by atoms with Crippen molar-refractivity contribution in [2.24, 2.45) is 4.99 Å². The number of aliphatic imine (C=N–C) groups is 1. The molecule has 0 bridgehead atoms. The van der Waals surface area contributed by atoms with Crippen molar-refractivity contribution < 1.29 is 4.74 Å². The summed E-state index contributed by atoms with van der Waals surface area (Å²) in [4.78, 5) is 11.4. The van der Waals surface area contributed by atoms with Gasteiger partial charge in [0.05, 0.1) is 6.54 Å². The summed E-state index contributed by atoms with van der Waals surface area (Å²) in [6.45, 7) is 4.99. The third-order valence-electron chi connectivity index (χ3n) is 5.21. The zero-order valence-corrected chi connectivity index (χ0v) is 21.4. The summed E-state index contributed by atoms with van der Waals surface area (Å²) in [6, 6.07) is 9.05. The third-order valence-corrected chi connectivity index (χ3v) is 5.21. The number of ether oxygens (including phenoxy) is 1. The van der Waals surface area contributed by atoms with Crippen molar-refractivity contribution in [1.82, 2.24) is 25.4 Å². The summed E-state index contributed by atoms with van der Waals surface area (Å²) >= 11 is 0. The minimum absolute atomic E-state index is 0. The topological polar surface area (TPSA) is 79.6 Å². The number of benzene rings is 1. The second-order valence-corrected chi connectivity index (χ2v) is 7.86. The molecule has 0 saturated carbocycles. The molecule has 2 aromatic rings. The monoisotopic (exact) mass is 541 g/mol. The first-order valence-corrected chi connectivity index (χ1v) is 10.8. The van der Waals surface area contributed by atoms with Gasteiger partial charge < -0.3 is 20.3 Å². The van der Waals surface area contributed by atoms with Crippen molar-refractivity contribution in [3.05, 3.63) is 41.5 Å². The maximum Gasteiger partial charge on any atom is 0.191 e. The van der Waals surface area contributed by atoms with Crippen LogP contribution in [0.2, 0.25) is 0 Å². The molecule has 1 aliphatic rings. The molecule has 0 amide bonds. The third kappa shape index (κ3) is 7.64. The number of hydrogen-bond donors (Lipinski definition) is 2. The number of guanidine groups is 1. The van der Waals surface area contributed by atoms with Gasteiger partial charge in [0.1, 0.15) is 12.4 Å². The minimum Gasteiger partial charge on any atom is -0.378 e. The summed E-state index contributed by atoms with van der Waals surface area (Å²) in [5.74, 6) is 2.68. The van der Waals surface area contributed by atoms with Gasteiger partial charge in [-0.05, 0) is 43.9 Å². The van der Waals surface area contributed by atoms with Gasteiger partial charge in [0.2, 0.25) is 0 Å². The Balaban J connectivity index is 0.00000341. The predicted octanol–water partition coefficient (Wildman–Crippen LogP) is 2.61. The van der Waals surface area contributed by atoms with E-state index in [1.54, 1.807) is 7.11 Å². The Morgan fingerprint density at radius 2 is 2.06 bits per heavy atom. The van der Waals surface area contributed by atoms with E-state index in [9.17, 15) is 0 Å². The second-order valence-electron chi connectivity index (χ2n) is 7.86. The van der Waals surface area contributed by atoms with Crippen LogP contribution >= 0.6 is 24.0 Å². The largest absolute Gasteiger partial charge is 0.378 e. The van der Waals surface area contributed by atoms with Crippen molar-refractivity contribution in [2.45, 2.75) is 51.8 Å². The average Bonchev–Trinajstić information content (AvgIpc) is 3.13. The molecule has 8 nitrogen and oxygen atoms in total. The summed E-state index contributed by atoms with van der Waals surface area (Å²) in [7, 11) is 5.80. The first-order valence-electron chi connectivity index (χ1n) is 10.8. The zero-order valence-electron chi connectivity index (χ0n) is 19.1. The molecule has 0 saturated heterocycles. The number of anilines is 1. The SMILES string of the molecule is CCNC(=NCCCc1ccc(N(C)C)cc1)NC1CCc2nc(COC)nn2C1.I. The molecule has 1 atom stereocenters. The molecule has 1 aromatic carbocycles. The van der Waals surface area contributed by atoms with E-state index in [1.807, 2.05) is 4.68 Å². The van der Waals surface area contributed by atoms with Crippen molar-refractivity contribution in [1.29, 1.82) is 0 Å². The predicted molar refractivity (Wildman–Crippen MR) is 136 cm³/mol. The number of aromatic nitrogens is 3. The fourth-order valence-corrected chi connectivity index (χ4v) is 3.62. The van der Waals surface area contributed by atoms with Crippen molar-refractivity contribution in [2.75, 3.05) is 39.2 Å². The van der Waals surface area contributed by atoms with E-state index >= 15 is 0 Å². The first kappa shape index (κ1) is 25.4. The van der Waals surface area contributed by atoms with E-state index < -0.39 is 0 Å². The van der Waals surface area contributed by atoms with Gasteiger partial charge in [-0.2, -0.15) is 5.10 Å². The van der Waals surface area contributed by atoms with Gasteiger partial charge in [-0.1, -0.05) is 12.1 Å². The highest BCUT2D eigenvalue weighted by Gasteiger charge is 2.22. The molecule has 172 valence electrons. The number of hydrogen-bond acceptors (Lipinski definition) is 5. The number of nitrogens with one attached hydrogen (secondary N) is 2. The van der Waals surface area contributed by atoms with Crippen LogP contribution in [-0.4, -0.2) is 61.1 Å². The molecule has 0 spiro atoms. The smallest absolute Gasteiger partial charge is 0.191 e. The Morgan fingerprint density at radius 3 is 2.74 bits per heavy atom. The van der Waals surface area contributed by atoms with Gasteiger partial charge in [0.15, 0.2) is 11.8 Å². The quantitative estimate of drug-likeness (QED) is 0.220. The van der Waals surface area contributed by atoms with Crippen LogP contribution in [-0.2, 0) is 30.7 Å². The Morgan fingerprint density at radius 1 is 1.29 bits per heavy atom. The maximum absolute atomic E-state index is 5.15. The van der Waals surface area contributed by atoms with Gasteiger partial charge in [0.25, 0.3) is 0 Å². The van der Waals surface area contributed by atoms with Gasteiger partial charge in [-0.15, -0.1) is 24.0 Å². The Hall–Kier alpha value is -1.88. The van der Waals surface area contributed by atoms with Crippen LogP contribution in [0.3, 0.4) is 0 Å². The van der Waals surface area contributed by atoms with E-state index in [4.69, 9.17) is 9.73 Å². The van der Waals surface area contributed by atoms with E-state index in [2.05, 4.69) is 70.9 Å². The molecule has 1 aromatic heterocycles. The summed E-state index contributed by atoms with van der Waals surface area (Å²) in [5, 5.41) is 11.5. The second kappa shape index (κ2) is 12.8. The van der Waals surface area contributed by atoms with Gasteiger partial charge in [-0.3, -0.25) is 4.99 Å². The van der Waals surface area contributed by atoms with Crippen LogP contribution in [0.4, 0.5) is 5.69 Å². The summed E-state index contributed by atoms with van der Waals surface area (Å²) < 4.78 is 7.14. The number of fused-ring (bicyclic) bond motifs is 1. The van der Waals surface area contributed by atoms with E-state index in [1.165, 1.54) is 11.3 Å². The average molecular weight is 541 g/mol. The number of methoxy groups -OCH3 is 1. The van der Waals surface area contributed by atoms with Crippen LogP contribution in [0, 0.1) is 0 Å². The molecule has 0 fully saturated rings. The lowest BCUT2D eigenvalue weighted by molar-refractivity contribution is 0.177. The van der Waals surface area contributed by atoms with Crippen LogP contribution in [0.1, 0.15) is 37.0 Å². The van der Waals surface area contributed by atoms with Crippen LogP contribution in [0.5, 0.6) is 0 Å². The number of halogens is 1. The molecular weight excluding hydrogens is 505 g/mol. The van der Waals surface area contributed by atoms with Crippen molar-refractivity contribution in [3.63, 3.8) is 0 Å². The molecule has 2 heterocycles. The van der Waals surface area contributed by atoms with E-state index in [-0.39, 0.29) is 24.0 Å². The zero-order chi connectivity index (χ0) is 21.3. The highest BCUT2D eigenvalue weighted by Crippen LogP contribution is 2.14. The molecule has 2 N–H and O–H groups in total. The summed E-state index contributed by atoms with van der Waals surface area (Å²) in [5.41, 5.74) is 2.58. The van der Waals surface area contributed by atoms with Crippen LogP contribution in [0.15, 0.2) is 29.3 Å². The normalized spacial score (nSPS) is 15.7. The van der Waals surface area contributed by atoms with Crippen LogP contribution < -0.4 is 15.5 Å². The van der Waals surface area contributed by atoms with Crippen molar-refractivity contribution in [3.8, 4) is 0 Å². The fourth-order valence-electron chi connectivity index (χ4n) is 3.62. The van der Waals surface area contributed by atoms with Gasteiger partial charge >= 0.3 is 0 Å². The summed E-state index contributed by atoms with van der Waals surface area (Å²) in [6.07, 6.45) is 3.99. The highest BCUT2D eigenvalue weighted by atomic mass is 127. The lowest BCUT2D eigenvalue weighted by atomic mass is 10.1. The molecule has 0 radical (unpaired) electrons. The first-order chi connectivity index (χ1) is 14.6. The molecule has 3 rings (SSSR count). The molecule has 31 heavy (non-hydrogen) atoms. The Labute approximate surface area is 202 Å². The Kier molecular flexibility index (Phi) is 10.5. The molecular formula is C22H36IN7O. The maximum atomic E-state index is 5.15. The van der Waals surface area contributed by atoms with E-state index in [0.29, 0.717) is 12.6 Å². The Bertz CT molecular complexity index is 820. The molecule has 1 aliphatic heterocycles. The molecule has 0 aliphatic carbocycles. The fraction of sp³-hybridized carbons (Fsp3) is 0.591. The molecule has 1 unspecified atom stereocenters. The lowest BCUT2D eigenvalue weighted by Gasteiger charge is -2.25. The minimum atomic E-state index is 0. The van der Waals surface area contributed by atoms with E-state index in [0.717, 1.165) is 62.9 Å². The van der Waals surface area contributed by atoms with Gasteiger partial charge in [0, 0.05) is 52.4 Å². The standard InChI is InChI=1S/C22H35N7O.HI/c1-5-23-22(24-14-6-7-17-8-11-19(12-9-17)28(2)3)25-18-10-13-21-26-20(16-30-4)27-29(21)15-18;/h8-9,11-12,18H,5-7,10,13-16H2,1-4H3,(H2,23,24,25);1H. The number of rotatable bonds is 9. The molecule has 9 heteroatoms. The number of nitrogens with zero attached hydrogens (tertiary/aromatic N) is 5. The van der Waals surface area contributed by atoms with Crippen LogP contribution in [0.25, 0.3) is 0 Å². The van der Waals surface area contributed by atoms with Crippen molar-refractivity contribution >= 4 is 35.6 Å².